The Hall–Kier alpha value is -0.610. The van der Waals surface area contributed by atoms with Crippen LogP contribution in [0.2, 0.25) is 0 Å². The molecule has 0 spiro atoms. The minimum atomic E-state index is -0.140. The minimum Gasteiger partial charge on any atom is -0.369 e. The molecule has 4 nitrogen and oxygen atoms in total. The molecule has 0 aromatic carbocycles. The van der Waals surface area contributed by atoms with E-state index in [0.29, 0.717) is 12.1 Å². The summed E-state index contributed by atoms with van der Waals surface area (Å²) >= 11 is 0. The van der Waals surface area contributed by atoms with Gasteiger partial charge in [0.25, 0.3) is 0 Å². The maximum Gasteiger partial charge on any atom is 0.221 e. The largest absolute Gasteiger partial charge is 0.369 e. The summed E-state index contributed by atoms with van der Waals surface area (Å²) in [5.74, 6) is -0.0705. The van der Waals surface area contributed by atoms with Crippen LogP contribution in [0.25, 0.3) is 0 Å². The summed E-state index contributed by atoms with van der Waals surface area (Å²) in [6, 6.07) is 1.00. The Kier molecular flexibility index (Phi) is 2.74. The average molecular weight is 197 g/mol. The quantitative estimate of drug-likeness (QED) is 0.637. The van der Waals surface area contributed by atoms with E-state index in [1.54, 1.807) is 0 Å². The second-order valence-electron chi connectivity index (χ2n) is 4.62. The molecule has 80 valence electrons. The first kappa shape index (κ1) is 9.93. The summed E-state index contributed by atoms with van der Waals surface area (Å²) in [7, 11) is 0. The summed E-state index contributed by atoms with van der Waals surface area (Å²) in [5.41, 5.74) is 11.1. The monoisotopic (exact) mass is 197 g/mol. The number of carbonyl (C=O) groups is 1. The van der Waals surface area contributed by atoms with Crippen molar-refractivity contribution in [2.75, 3.05) is 13.1 Å². The van der Waals surface area contributed by atoms with Crippen molar-refractivity contribution in [2.45, 2.75) is 37.8 Å². The standard InChI is InChI=1S/C10H19N3O/c11-8-4-9(5-8)13-3-1-2-7(6-13)10(12)14/h7-9H,1-6,11H2,(H2,12,14). The van der Waals surface area contributed by atoms with E-state index in [-0.39, 0.29) is 11.8 Å². The van der Waals surface area contributed by atoms with Crippen molar-refractivity contribution in [2.24, 2.45) is 17.4 Å². The second-order valence-corrected chi connectivity index (χ2v) is 4.62. The number of piperidine rings is 1. The van der Waals surface area contributed by atoms with E-state index in [1.165, 1.54) is 0 Å². The van der Waals surface area contributed by atoms with Crippen LogP contribution in [-0.2, 0) is 4.79 Å². The van der Waals surface area contributed by atoms with Gasteiger partial charge in [0.15, 0.2) is 0 Å². The molecule has 4 N–H and O–H groups in total. The molecule has 2 aliphatic rings. The Morgan fingerprint density at radius 2 is 2.07 bits per heavy atom. The van der Waals surface area contributed by atoms with Crippen LogP contribution in [0.15, 0.2) is 0 Å². The van der Waals surface area contributed by atoms with Crippen molar-refractivity contribution in [3.63, 3.8) is 0 Å². The first-order valence-electron chi connectivity index (χ1n) is 5.45. The highest BCUT2D eigenvalue weighted by Gasteiger charge is 2.34. The topological polar surface area (TPSA) is 72.4 Å². The molecule has 4 heteroatoms. The van der Waals surface area contributed by atoms with Crippen molar-refractivity contribution in [1.29, 1.82) is 0 Å². The molecule has 1 heterocycles. The van der Waals surface area contributed by atoms with E-state index in [4.69, 9.17) is 11.5 Å². The van der Waals surface area contributed by atoms with Gasteiger partial charge < -0.3 is 11.5 Å². The van der Waals surface area contributed by atoms with Crippen molar-refractivity contribution in [3.05, 3.63) is 0 Å². The first-order chi connectivity index (χ1) is 6.66. The summed E-state index contributed by atoms with van der Waals surface area (Å²) in [4.78, 5) is 13.5. The zero-order chi connectivity index (χ0) is 10.1. The van der Waals surface area contributed by atoms with Gasteiger partial charge in [0, 0.05) is 18.6 Å². The molecular weight excluding hydrogens is 178 g/mol. The highest BCUT2D eigenvalue weighted by atomic mass is 16.1. The third-order valence-electron chi connectivity index (χ3n) is 3.52. The van der Waals surface area contributed by atoms with E-state index in [9.17, 15) is 4.79 Å². The number of amides is 1. The molecule has 0 bridgehead atoms. The maximum atomic E-state index is 11.1. The maximum absolute atomic E-state index is 11.1. The van der Waals surface area contributed by atoms with Gasteiger partial charge in [-0.3, -0.25) is 9.69 Å². The molecule has 2 fully saturated rings. The van der Waals surface area contributed by atoms with Gasteiger partial charge in [0.1, 0.15) is 0 Å². The third kappa shape index (κ3) is 1.91. The Bertz CT molecular complexity index is 225. The lowest BCUT2D eigenvalue weighted by molar-refractivity contribution is -0.124. The van der Waals surface area contributed by atoms with Gasteiger partial charge in [0.2, 0.25) is 5.91 Å². The van der Waals surface area contributed by atoms with Crippen LogP contribution >= 0.6 is 0 Å². The number of likely N-dealkylation sites (tertiary alicyclic amines) is 1. The predicted molar refractivity (Wildman–Crippen MR) is 54.5 cm³/mol. The molecule has 2 rings (SSSR count). The molecule has 1 aliphatic carbocycles. The van der Waals surface area contributed by atoms with Crippen molar-refractivity contribution in [3.8, 4) is 0 Å². The molecule has 1 saturated carbocycles. The first-order valence-corrected chi connectivity index (χ1v) is 5.45. The summed E-state index contributed by atoms with van der Waals surface area (Å²) in [5, 5.41) is 0. The summed E-state index contributed by atoms with van der Waals surface area (Å²) in [6.45, 7) is 1.97. The highest BCUT2D eigenvalue weighted by molar-refractivity contribution is 5.76. The van der Waals surface area contributed by atoms with Crippen LogP contribution in [0.1, 0.15) is 25.7 Å². The lowest BCUT2D eigenvalue weighted by atomic mass is 9.84. The molecule has 1 saturated heterocycles. The fraction of sp³-hybridized carbons (Fsp3) is 0.900. The zero-order valence-corrected chi connectivity index (χ0v) is 8.48. The Balaban J connectivity index is 1.85. The van der Waals surface area contributed by atoms with E-state index in [1.807, 2.05) is 0 Å². The average Bonchev–Trinajstić information content (AvgIpc) is 2.13. The van der Waals surface area contributed by atoms with Crippen LogP contribution in [0, 0.1) is 5.92 Å². The fourth-order valence-electron chi connectivity index (χ4n) is 2.50. The Labute approximate surface area is 84.6 Å². The molecule has 1 aliphatic heterocycles. The Morgan fingerprint density at radius 3 is 2.64 bits per heavy atom. The van der Waals surface area contributed by atoms with Crippen LogP contribution in [0.5, 0.6) is 0 Å². The SMILES string of the molecule is NC(=O)C1CCCN(C2CC(N)C2)C1. The van der Waals surface area contributed by atoms with Gasteiger partial charge in [-0.05, 0) is 32.2 Å². The lowest BCUT2D eigenvalue weighted by Gasteiger charge is -2.44. The van der Waals surface area contributed by atoms with Crippen LogP contribution in [-0.4, -0.2) is 36.0 Å². The van der Waals surface area contributed by atoms with E-state index in [2.05, 4.69) is 4.90 Å². The number of carbonyl (C=O) groups excluding carboxylic acids is 1. The third-order valence-corrected chi connectivity index (χ3v) is 3.52. The fourth-order valence-corrected chi connectivity index (χ4v) is 2.50. The molecule has 1 unspecified atom stereocenters. The lowest BCUT2D eigenvalue weighted by Crippen LogP contribution is -2.54. The van der Waals surface area contributed by atoms with Crippen molar-refractivity contribution >= 4 is 5.91 Å². The van der Waals surface area contributed by atoms with Gasteiger partial charge in [-0.2, -0.15) is 0 Å². The van der Waals surface area contributed by atoms with Gasteiger partial charge in [-0.15, -0.1) is 0 Å². The Morgan fingerprint density at radius 1 is 1.36 bits per heavy atom. The smallest absolute Gasteiger partial charge is 0.221 e. The van der Waals surface area contributed by atoms with E-state index < -0.39 is 0 Å². The van der Waals surface area contributed by atoms with Gasteiger partial charge in [-0.25, -0.2) is 0 Å². The number of rotatable bonds is 2. The predicted octanol–water partition coefficient (Wildman–Crippen LogP) is -0.327. The van der Waals surface area contributed by atoms with E-state index in [0.717, 1.165) is 38.8 Å². The molecule has 14 heavy (non-hydrogen) atoms. The molecule has 0 radical (unpaired) electrons. The molecule has 1 atom stereocenters. The zero-order valence-electron chi connectivity index (χ0n) is 8.48. The van der Waals surface area contributed by atoms with Crippen LogP contribution in [0.4, 0.5) is 0 Å². The summed E-state index contributed by atoms with van der Waals surface area (Å²) < 4.78 is 0. The molecular formula is C10H19N3O. The van der Waals surface area contributed by atoms with Crippen molar-refractivity contribution in [1.82, 2.24) is 4.90 Å². The summed E-state index contributed by atoms with van der Waals surface area (Å²) in [6.07, 6.45) is 4.24. The van der Waals surface area contributed by atoms with Gasteiger partial charge >= 0.3 is 0 Å². The van der Waals surface area contributed by atoms with Gasteiger partial charge in [-0.1, -0.05) is 0 Å². The van der Waals surface area contributed by atoms with Crippen LogP contribution in [0.3, 0.4) is 0 Å². The van der Waals surface area contributed by atoms with Gasteiger partial charge in [0.05, 0.1) is 5.92 Å². The number of nitrogens with two attached hydrogens (primary N) is 2. The number of primary amides is 1. The number of nitrogens with zero attached hydrogens (tertiary/aromatic N) is 1. The second kappa shape index (κ2) is 3.87. The number of hydrogen-bond donors (Lipinski definition) is 2. The highest BCUT2D eigenvalue weighted by Crippen LogP contribution is 2.28. The normalized spacial score (nSPS) is 39.1. The number of hydrogen-bond acceptors (Lipinski definition) is 3. The molecule has 0 aromatic heterocycles. The minimum absolute atomic E-state index is 0.0700. The molecule has 1 amide bonds. The van der Waals surface area contributed by atoms with Crippen molar-refractivity contribution < 1.29 is 4.79 Å². The van der Waals surface area contributed by atoms with Crippen LogP contribution < -0.4 is 11.5 Å². The van der Waals surface area contributed by atoms with E-state index >= 15 is 0 Å². The molecule has 0 aromatic rings.